The van der Waals surface area contributed by atoms with E-state index in [1.165, 1.54) is 16.3 Å². The van der Waals surface area contributed by atoms with Gasteiger partial charge in [-0.2, -0.15) is 5.26 Å². The number of aromatic amines is 1. The molecule has 0 fully saturated rings. The zero-order chi connectivity index (χ0) is 16.7. The number of H-pyrrole nitrogens is 1. The second-order valence-electron chi connectivity index (χ2n) is 6.09. The highest BCUT2D eigenvalue weighted by atomic mass is 16.1. The first-order valence-electron chi connectivity index (χ1n) is 7.55. The third kappa shape index (κ3) is 2.33. The fraction of sp³-hybridized carbons (Fsp3) is 0.278. The van der Waals surface area contributed by atoms with Crippen LogP contribution in [0.4, 0.5) is 0 Å². The quantitative estimate of drug-likeness (QED) is 0.789. The minimum Gasteiger partial charge on any atom is -0.295 e. The van der Waals surface area contributed by atoms with E-state index in [-0.39, 0.29) is 11.5 Å². The predicted octanol–water partition coefficient (Wildman–Crippen LogP) is 3.30. The van der Waals surface area contributed by atoms with Crippen molar-refractivity contribution >= 4 is 5.65 Å². The zero-order valence-electron chi connectivity index (χ0n) is 13.6. The molecular weight excluding hydrogens is 288 g/mol. The molecule has 0 atom stereocenters. The summed E-state index contributed by atoms with van der Waals surface area (Å²) in [4.78, 5) is 17.5. The monoisotopic (exact) mass is 306 g/mol. The minimum atomic E-state index is -0.153. The molecule has 0 aliphatic heterocycles. The summed E-state index contributed by atoms with van der Waals surface area (Å²) < 4.78 is 1.35. The highest BCUT2D eigenvalue weighted by Crippen LogP contribution is 2.27. The molecule has 0 spiro atoms. The summed E-state index contributed by atoms with van der Waals surface area (Å²) >= 11 is 0. The van der Waals surface area contributed by atoms with Crippen molar-refractivity contribution in [2.75, 3.05) is 0 Å². The number of fused-ring (bicyclic) bond motifs is 1. The molecule has 0 aliphatic rings. The van der Waals surface area contributed by atoms with Crippen molar-refractivity contribution in [2.24, 2.45) is 0 Å². The Balaban J connectivity index is 2.42. The Labute approximate surface area is 134 Å². The van der Waals surface area contributed by atoms with Gasteiger partial charge in [0.15, 0.2) is 5.65 Å². The van der Waals surface area contributed by atoms with Gasteiger partial charge in [-0.3, -0.25) is 9.89 Å². The second kappa shape index (κ2) is 5.40. The molecule has 3 rings (SSSR count). The molecule has 2 heterocycles. The largest absolute Gasteiger partial charge is 0.295 e. The van der Waals surface area contributed by atoms with Gasteiger partial charge in [0.25, 0.3) is 5.56 Å². The van der Waals surface area contributed by atoms with Crippen molar-refractivity contribution < 1.29 is 0 Å². The molecule has 0 radical (unpaired) electrons. The van der Waals surface area contributed by atoms with E-state index in [9.17, 15) is 10.1 Å². The van der Waals surface area contributed by atoms with Crippen LogP contribution in [0.2, 0.25) is 0 Å². The SMILES string of the molecule is Cc1ccc(-c2nc3c(C#N)c[nH]n3c(=O)c2C(C)C)cc1C. The van der Waals surface area contributed by atoms with Crippen molar-refractivity contribution in [2.45, 2.75) is 33.6 Å². The Hall–Kier alpha value is -2.87. The Bertz CT molecular complexity index is 1000. The summed E-state index contributed by atoms with van der Waals surface area (Å²) in [5.41, 5.74) is 5.13. The summed E-state index contributed by atoms with van der Waals surface area (Å²) in [5, 5.41) is 12.0. The summed E-state index contributed by atoms with van der Waals surface area (Å²) in [6, 6.07) is 8.12. The molecule has 5 heteroatoms. The van der Waals surface area contributed by atoms with E-state index in [4.69, 9.17) is 0 Å². The molecule has 5 nitrogen and oxygen atoms in total. The molecule has 0 unspecified atom stereocenters. The molecule has 23 heavy (non-hydrogen) atoms. The van der Waals surface area contributed by atoms with Crippen molar-refractivity contribution in [1.82, 2.24) is 14.6 Å². The third-order valence-corrected chi connectivity index (χ3v) is 4.18. The first-order valence-corrected chi connectivity index (χ1v) is 7.55. The minimum absolute atomic E-state index is 0.0253. The molecule has 0 bridgehead atoms. The van der Waals surface area contributed by atoms with Crippen LogP contribution in [0.15, 0.2) is 29.2 Å². The van der Waals surface area contributed by atoms with E-state index >= 15 is 0 Å². The number of hydrogen-bond donors (Lipinski definition) is 1. The molecule has 0 aliphatic carbocycles. The second-order valence-corrected chi connectivity index (χ2v) is 6.09. The van der Waals surface area contributed by atoms with Crippen LogP contribution in [-0.4, -0.2) is 14.6 Å². The van der Waals surface area contributed by atoms with Crippen molar-refractivity contribution in [3.05, 3.63) is 57.0 Å². The van der Waals surface area contributed by atoms with E-state index < -0.39 is 0 Å². The number of nitrogens with zero attached hydrogens (tertiary/aromatic N) is 3. The Morgan fingerprint density at radius 1 is 1.26 bits per heavy atom. The van der Waals surface area contributed by atoms with Gasteiger partial charge in [-0.1, -0.05) is 26.0 Å². The van der Waals surface area contributed by atoms with Gasteiger partial charge in [0.05, 0.1) is 5.69 Å². The third-order valence-electron chi connectivity index (χ3n) is 4.18. The van der Waals surface area contributed by atoms with Crippen molar-refractivity contribution in [1.29, 1.82) is 5.26 Å². The topological polar surface area (TPSA) is 73.9 Å². The highest BCUT2D eigenvalue weighted by Gasteiger charge is 2.19. The van der Waals surface area contributed by atoms with Gasteiger partial charge in [0, 0.05) is 17.3 Å². The van der Waals surface area contributed by atoms with Crippen LogP contribution in [0.5, 0.6) is 0 Å². The van der Waals surface area contributed by atoms with Crippen LogP contribution in [0.1, 0.15) is 42.0 Å². The standard InChI is InChI=1S/C18H18N4O/c1-10(2)15-16(13-6-5-11(3)12(4)7-13)21-17-14(8-19)9-20-22(17)18(15)23/h5-7,9-10,20H,1-4H3. The van der Waals surface area contributed by atoms with Gasteiger partial charge < -0.3 is 0 Å². The van der Waals surface area contributed by atoms with E-state index in [2.05, 4.69) is 16.2 Å². The van der Waals surface area contributed by atoms with Crippen LogP contribution in [0.25, 0.3) is 16.9 Å². The van der Waals surface area contributed by atoms with Gasteiger partial charge in [0.1, 0.15) is 11.6 Å². The normalized spacial score (nSPS) is 11.1. The number of aromatic nitrogens is 3. The van der Waals surface area contributed by atoms with E-state index in [1.54, 1.807) is 0 Å². The number of hydrogen-bond acceptors (Lipinski definition) is 3. The summed E-state index contributed by atoms with van der Waals surface area (Å²) in [6.07, 6.45) is 1.51. The first kappa shape index (κ1) is 15.0. The van der Waals surface area contributed by atoms with Crippen LogP contribution in [0.3, 0.4) is 0 Å². The number of aryl methyl sites for hydroxylation is 2. The Morgan fingerprint density at radius 2 is 2.00 bits per heavy atom. The van der Waals surface area contributed by atoms with Crippen LogP contribution >= 0.6 is 0 Å². The van der Waals surface area contributed by atoms with Gasteiger partial charge in [-0.15, -0.1) is 0 Å². The zero-order valence-corrected chi connectivity index (χ0v) is 13.6. The summed E-state index contributed by atoms with van der Waals surface area (Å²) in [5.74, 6) is 0.0253. The van der Waals surface area contributed by atoms with Gasteiger partial charge >= 0.3 is 0 Å². The average Bonchev–Trinajstić information content (AvgIpc) is 2.92. The smallest absolute Gasteiger partial charge is 0.276 e. The lowest BCUT2D eigenvalue weighted by Gasteiger charge is -2.13. The Kier molecular flexibility index (Phi) is 3.53. The molecule has 1 aromatic carbocycles. The van der Waals surface area contributed by atoms with Gasteiger partial charge in [-0.25, -0.2) is 9.50 Å². The van der Waals surface area contributed by atoms with Crippen molar-refractivity contribution in [3.8, 4) is 17.3 Å². The summed E-state index contributed by atoms with van der Waals surface area (Å²) in [6.45, 7) is 8.04. The average molecular weight is 306 g/mol. The van der Waals surface area contributed by atoms with E-state index in [0.717, 1.165) is 11.1 Å². The fourth-order valence-electron chi connectivity index (χ4n) is 2.74. The molecule has 2 aromatic heterocycles. The van der Waals surface area contributed by atoms with Crippen LogP contribution in [-0.2, 0) is 0 Å². The van der Waals surface area contributed by atoms with Gasteiger partial charge in [-0.05, 0) is 37.0 Å². The number of rotatable bonds is 2. The molecule has 3 aromatic rings. The predicted molar refractivity (Wildman–Crippen MR) is 89.5 cm³/mol. The first-order chi connectivity index (χ1) is 10.9. The number of nitrogens with one attached hydrogen (secondary N) is 1. The lowest BCUT2D eigenvalue weighted by atomic mass is 9.96. The fourth-order valence-corrected chi connectivity index (χ4v) is 2.74. The van der Waals surface area contributed by atoms with E-state index in [0.29, 0.717) is 22.5 Å². The van der Waals surface area contributed by atoms with Crippen molar-refractivity contribution in [3.63, 3.8) is 0 Å². The molecule has 0 amide bonds. The highest BCUT2D eigenvalue weighted by molar-refractivity contribution is 5.69. The molecule has 116 valence electrons. The molecular formula is C18H18N4O. The van der Waals surface area contributed by atoms with Crippen LogP contribution < -0.4 is 5.56 Å². The maximum atomic E-state index is 12.8. The summed E-state index contributed by atoms with van der Waals surface area (Å²) in [7, 11) is 0. The Morgan fingerprint density at radius 3 is 2.61 bits per heavy atom. The van der Waals surface area contributed by atoms with E-state index in [1.807, 2.05) is 45.9 Å². The maximum absolute atomic E-state index is 12.8. The molecule has 1 N–H and O–H groups in total. The number of benzene rings is 1. The lowest BCUT2D eigenvalue weighted by Crippen LogP contribution is -2.22. The van der Waals surface area contributed by atoms with Crippen LogP contribution in [0, 0.1) is 25.2 Å². The van der Waals surface area contributed by atoms with Gasteiger partial charge in [0.2, 0.25) is 0 Å². The molecule has 0 saturated heterocycles. The maximum Gasteiger partial charge on any atom is 0.276 e. The number of nitriles is 1. The lowest BCUT2D eigenvalue weighted by molar-refractivity contribution is 0.797. The molecule has 0 saturated carbocycles.